The van der Waals surface area contributed by atoms with E-state index < -0.39 is 0 Å². The largest absolute Gasteiger partial charge is 0.492 e. The Labute approximate surface area is 113 Å². The second kappa shape index (κ2) is 6.02. The lowest BCUT2D eigenvalue weighted by Crippen LogP contribution is -2.11. The monoisotopic (exact) mass is 315 g/mol. The van der Waals surface area contributed by atoms with E-state index in [1.807, 2.05) is 24.3 Å². The number of ether oxygens (including phenoxy) is 1. The van der Waals surface area contributed by atoms with Crippen molar-refractivity contribution < 1.29 is 4.74 Å². The van der Waals surface area contributed by atoms with Gasteiger partial charge in [0, 0.05) is 4.47 Å². The zero-order valence-electron chi connectivity index (χ0n) is 9.01. The molecule has 0 amide bonds. The molecule has 0 unspecified atom stereocenters. The van der Waals surface area contributed by atoms with Crippen molar-refractivity contribution in [3.05, 3.63) is 40.9 Å². The van der Waals surface area contributed by atoms with Crippen LogP contribution in [0.2, 0.25) is 0 Å². The Morgan fingerprint density at radius 2 is 2.06 bits per heavy atom. The summed E-state index contributed by atoms with van der Waals surface area (Å²) in [7, 11) is 0. The molecule has 1 aromatic heterocycles. The van der Waals surface area contributed by atoms with Crippen LogP contribution in [0.4, 0.5) is 0 Å². The molecular formula is C11H11BrClN3O. The summed E-state index contributed by atoms with van der Waals surface area (Å²) in [4.78, 5) is 4.03. The van der Waals surface area contributed by atoms with Gasteiger partial charge in [0.05, 0.1) is 12.4 Å². The lowest BCUT2D eigenvalue weighted by atomic mass is 10.3. The van der Waals surface area contributed by atoms with E-state index in [9.17, 15) is 0 Å². The summed E-state index contributed by atoms with van der Waals surface area (Å²) in [6, 6.07) is 7.70. The minimum absolute atomic E-state index is 0.359. The molecule has 0 spiro atoms. The molecule has 0 aliphatic heterocycles. The van der Waals surface area contributed by atoms with Crippen LogP contribution < -0.4 is 4.74 Å². The van der Waals surface area contributed by atoms with E-state index in [0.717, 1.165) is 16.0 Å². The normalized spacial score (nSPS) is 10.5. The number of halogens is 2. The quantitative estimate of drug-likeness (QED) is 0.796. The number of aromatic nitrogens is 3. The zero-order chi connectivity index (χ0) is 12.1. The van der Waals surface area contributed by atoms with E-state index >= 15 is 0 Å². The van der Waals surface area contributed by atoms with Crippen molar-refractivity contribution in [2.24, 2.45) is 0 Å². The third kappa shape index (κ3) is 3.44. The van der Waals surface area contributed by atoms with Crippen LogP contribution in [0, 0.1) is 0 Å². The fourth-order valence-electron chi connectivity index (χ4n) is 1.36. The van der Waals surface area contributed by atoms with Gasteiger partial charge in [0.2, 0.25) is 0 Å². The highest BCUT2D eigenvalue weighted by Gasteiger charge is 2.02. The molecule has 0 N–H and O–H groups in total. The van der Waals surface area contributed by atoms with Crippen molar-refractivity contribution in [1.29, 1.82) is 0 Å². The van der Waals surface area contributed by atoms with Crippen LogP contribution in [0.25, 0.3) is 0 Å². The summed E-state index contributed by atoms with van der Waals surface area (Å²) in [5, 5.41) is 4.07. The third-order valence-corrected chi connectivity index (χ3v) is 2.97. The maximum Gasteiger partial charge on any atom is 0.141 e. The Bertz CT molecular complexity index is 472. The molecule has 90 valence electrons. The van der Waals surface area contributed by atoms with E-state index in [4.69, 9.17) is 16.3 Å². The van der Waals surface area contributed by atoms with Gasteiger partial charge in [-0.05, 0) is 24.3 Å². The number of nitrogens with zero attached hydrogens (tertiary/aromatic N) is 3. The first-order valence-corrected chi connectivity index (χ1v) is 6.43. The number of rotatable bonds is 5. The molecule has 1 heterocycles. The van der Waals surface area contributed by atoms with Crippen LogP contribution in [-0.2, 0) is 12.4 Å². The average Bonchev–Trinajstić information content (AvgIpc) is 2.79. The third-order valence-electron chi connectivity index (χ3n) is 2.20. The maximum atomic E-state index is 5.72. The first kappa shape index (κ1) is 12.4. The van der Waals surface area contributed by atoms with Gasteiger partial charge in [-0.2, -0.15) is 5.10 Å². The molecule has 6 heteroatoms. The zero-order valence-corrected chi connectivity index (χ0v) is 11.4. The Kier molecular flexibility index (Phi) is 4.39. The van der Waals surface area contributed by atoms with Crippen LogP contribution in [0.15, 0.2) is 35.1 Å². The van der Waals surface area contributed by atoms with Crippen molar-refractivity contribution in [2.45, 2.75) is 12.4 Å². The second-order valence-corrected chi connectivity index (χ2v) is 4.52. The van der Waals surface area contributed by atoms with Crippen LogP contribution in [0.5, 0.6) is 5.75 Å². The molecule has 0 saturated heterocycles. The molecule has 4 nitrogen and oxygen atoms in total. The molecule has 2 rings (SSSR count). The number of hydrogen-bond donors (Lipinski definition) is 0. The fraction of sp³-hybridized carbons (Fsp3) is 0.273. The standard InChI is InChI=1S/C11H11BrClN3O/c12-9-1-3-10(4-2-9)17-6-5-16-11(7-13)14-8-15-16/h1-4,8H,5-7H2. The molecule has 0 radical (unpaired) electrons. The van der Waals surface area contributed by atoms with Gasteiger partial charge in [0.15, 0.2) is 0 Å². The number of alkyl halides is 1. The Morgan fingerprint density at radius 3 is 2.76 bits per heavy atom. The molecule has 17 heavy (non-hydrogen) atoms. The van der Waals surface area contributed by atoms with Crippen LogP contribution in [0.1, 0.15) is 5.82 Å². The fourth-order valence-corrected chi connectivity index (χ4v) is 1.83. The molecule has 0 bridgehead atoms. The Morgan fingerprint density at radius 1 is 1.29 bits per heavy atom. The first-order chi connectivity index (χ1) is 8.29. The highest BCUT2D eigenvalue weighted by Crippen LogP contribution is 2.16. The summed E-state index contributed by atoms with van der Waals surface area (Å²) in [5.41, 5.74) is 0. The van der Waals surface area contributed by atoms with Crippen molar-refractivity contribution in [2.75, 3.05) is 6.61 Å². The summed E-state index contributed by atoms with van der Waals surface area (Å²) in [6.45, 7) is 1.17. The summed E-state index contributed by atoms with van der Waals surface area (Å²) >= 11 is 9.09. The average molecular weight is 317 g/mol. The van der Waals surface area contributed by atoms with Crippen molar-refractivity contribution in [3.63, 3.8) is 0 Å². The molecule has 0 atom stereocenters. The van der Waals surface area contributed by atoms with Gasteiger partial charge in [-0.1, -0.05) is 15.9 Å². The lowest BCUT2D eigenvalue weighted by molar-refractivity contribution is 0.289. The maximum absolute atomic E-state index is 5.72. The Hall–Kier alpha value is -1.07. The van der Waals surface area contributed by atoms with Gasteiger partial charge < -0.3 is 4.74 Å². The first-order valence-electron chi connectivity index (χ1n) is 5.10. The van der Waals surface area contributed by atoms with Crippen molar-refractivity contribution in [3.8, 4) is 5.75 Å². The predicted molar refractivity (Wildman–Crippen MR) is 69.2 cm³/mol. The van der Waals surface area contributed by atoms with E-state index in [2.05, 4.69) is 26.0 Å². The molecular weight excluding hydrogens is 305 g/mol. The van der Waals surface area contributed by atoms with Gasteiger partial charge in [0.25, 0.3) is 0 Å². The van der Waals surface area contributed by atoms with Gasteiger partial charge in [-0.25, -0.2) is 9.67 Å². The highest BCUT2D eigenvalue weighted by atomic mass is 79.9. The molecule has 2 aromatic rings. The van der Waals surface area contributed by atoms with E-state index in [-0.39, 0.29) is 0 Å². The second-order valence-electron chi connectivity index (χ2n) is 3.34. The van der Waals surface area contributed by atoms with Gasteiger partial charge >= 0.3 is 0 Å². The molecule has 0 fully saturated rings. The van der Waals surface area contributed by atoms with Crippen LogP contribution >= 0.6 is 27.5 Å². The van der Waals surface area contributed by atoms with Crippen LogP contribution in [-0.4, -0.2) is 21.4 Å². The lowest BCUT2D eigenvalue weighted by Gasteiger charge is -2.07. The summed E-state index contributed by atoms with van der Waals surface area (Å²) in [5.74, 6) is 1.95. The SMILES string of the molecule is ClCc1ncnn1CCOc1ccc(Br)cc1. The highest BCUT2D eigenvalue weighted by molar-refractivity contribution is 9.10. The van der Waals surface area contributed by atoms with E-state index in [1.165, 1.54) is 6.33 Å². The Balaban J connectivity index is 1.85. The van der Waals surface area contributed by atoms with E-state index in [1.54, 1.807) is 4.68 Å². The minimum atomic E-state index is 0.359. The topological polar surface area (TPSA) is 39.9 Å². The van der Waals surface area contributed by atoms with Gasteiger partial charge in [-0.3, -0.25) is 0 Å². The summed E-state index contributed by atoms with van der Waals surface area (Å²) < 4.78 is 8.36. The van der Waals surface area contributed by atoms with Gasteiger partial charge in [-0.15, -0.1) is 11.6 Å². The molecule has 1 aromatic carbocycles. The summed E-state index contributed by atoms with van der Waals surface area (Å²) in [6.07, 6.45) is 1.50. The minimum Gasteiger partial charge on any atom is -0.492 e. The molecule has 0 saturated carbocycles. The van der Waals surface area contributed by atoms with E-state index in [0.29, 0.717) is 19.0 Å². The smallest absolute Gasteiger partial charge is 0.141 e. The number of benzene rings is 1. The van der Waals surface area contributed by atoms with Crippen LogP contribution in [0.3, 0.4) is 0 Å². The number of hydrogen-bond acceptors (Lipinski definition) is 3. The van der Waals surface area contributed by atoms with Crippen molar-refractivity contribution >= 4 is 27.5 Å². The molecule has 0 aliphatic rings. The molecule has 0 aliphatic carbocycles. The van der Waals surface area contributed by atoms with Crippen molar-refractivity contribution in [1.82, 2.24) is 14.8 Å². The predicted octanol–water partition coefficient (Wildman–Crippen LogP) is 2.86. The van der Waals surface area contributed by atoms with Gasteiger partial charge in [0.1, 0.15) is 24.5 Å².